The van der Waals surface area contributed by atoms with E-state index in [1.807, 2.05) is 0 Å². The number of hydroxylamine groups is 2. The lowest BCUT2D eigenvalue weighted by molar-refractivity contribution is -0.178. The van der Waals surface area contributed by atoms with Gasteiger partial charge in [-0.15, -0.1) is 0 Å². The number of nitrogens with zero attached hydrogens (tertiary/aromatic N) is 1. The van der Waals surface area contributed by atoms with Crippen LogP contribution in [0, 0.1) is 11.6 Å². The molecule has 0 spiro atoms. The van der Waals surface area contributed by atoms with E-state index in [-0.39, 0.29) is 17.9 Å². The molecule has 0 bridgehead atoms. The summed E-state index contributed by atoms with van der Waals surface area (Å²) in [6.07, 6.45) is -2.81. The summed E-state index contributed by atoms with van der Waals surface area (Å²) < 4.78 is 31.6. The third-order valence-electron chi connectivity index (χ3n) is 2.85. The van der Waals surface area contributed by atoms with E-state index >= 15 is 0 Å². The lowest BCUT2D eigenvalue weighted by Crippen LogP contribution is -2.32. The fourth-order valence-corrected chi connectivity index (χ4v) is 1.86. The molecule has 1 fully saturated rings. The number of carbonyl (C=O) groups is 3. The molecule has 6 nitrogen and oxygen atoms in total. The quantitative estimate of drug-likeness (QED) is 0.632. The van der Waals surface area contributed by atoms with E-state index in [9.17, 15) is 23.2 Å². The summed E-state index contributed by atoms with van der Waals surface area (Å²) in [6, 6.07) is 3.19. The van der Waals surface area contributed by atoms with E-state index in [1.165, 1.54) is 13.0 Å². The van der Waals surface area contributed by atoms with Crippen LogP contribution < -0.4 is 0 Å². The molecular formula is C13H11F2NO5. The summed E-state index contributed by atoms with van der Waals surface area (Å²) in [4.78, 5) is 38.4. The topological polar surface area (TPSA) is 72.9 Å². The SMILES string of the molecule is CC(OC(=O)ON1C(=O)CCC1=O)c1c(F)cccc1F. The van der Waals surface area contributed by atoms with Crippen molar-refractivity contribution < 1.29 is 32.7 Å². The maximum Gasteiger partial charge on any atom is 0.534 e. The molecule has 1 heterocycles. The third kappa shape index (κ3) is 3.15. The first-order valence-electron chi connectivity index (χ1n) is 6.08. The van der Waals surface area contributed by atoms with Crippen molar-refractivity contribution in [1.82, 2.24) is 5.06 Å². The number of benzene rings is 1. The molecule has 0 radical (unpaired) electrons. The zero-order chi connectivity index (χ0) is 15.6. The van der Waals surface area contributed by atoms with Gasteiger partial charge in [-0.05, 0) is 19.1 Å². The molecule has 0 saturated carbocycles. The smallest absolute Gasteiger partial charge is 0.425 e. The van der Waals surface area contributed by atoms with Crippen LogP contribution >= 0.6 is 0 Å². The van der Waals surface area contributed by atoms with Crippen LogP contribution in [-0.4, -0.2) is 23.0 Å². The number of carbonyl (C=O) groups excluding carboxylic acids is 3. The van der Waals surface area contributed by atoms with Gasteiger partial charge in [0, 0.05) is 12.8 Å². The zero-order valence-electron chi connectivity index (χ0n) is 11.0. The Morgan fingerprint density at radius 1 is 1.19 bits per heavy atom. The van der Waals surface area contributed by atoms with Crippen LogP contribution in [0.25, 0.3) is 0 Å². The monoisotopic (exact) mass is 299 g/mol. The van der Waals surface area contributed by atoms with Gasteiger partial charge in [-0.1, -0.05) is 11.1 Å². The van der Waals surface area contributed by atoms with Crippen molar-refractivity contribution in [3.8, 4) is 0 Å². The molecule has 1 aliphatic rings. The number of hydrogen-bond acceptors (Lipinski definition) is 5. The number of ether oxygens (including phenoxy) is 1. The van der Waals surface area contributed by atoms with Crippen molar-refractivity contribution in [3.63, 3.8) is 0 Å². The molecule has 0 N–H and O–H groups in total. The molecule has 2 rings (SSSR count). The second-order valence-corrected chi connectivity index (χ2v) is 4.32. The fourth-order valence-electron chi connectivity index (χ4n) is 1.86. The average molecular weight is 299 g/mol. The molecule has 1 aromatic carbocycles. The van der Waals surface area contributed by atoms with E-state index in [1.54, 1.807) is 0 Å². The highest BCUT2D eigenvalue weighted by Crippen LogP contribution is 2.24. The molecule has 2 amide bonds. The Kier molecular flexibility index (Phi) is 4.15. The fraction of sp³-hybridized carbons (Fsp3) is 0.308. The number of halogens is 2. The molecular weight excluding hydrogens is 288 g/mol. The molecule has 0 aromatic heterocycles. The van der Waals surface area contributed by atoms with Crippen molar-refractivity contribution in [2.45, 2.75) is 25.9 Å². The molecule has 1 atom stereocenters. The summed E-state index contributed by atoms with van der Waals surface area (Å²) in [5.74, 6) is -3.13. The first-order chi connectivity index (χ1) is 9.90. The van der Waals surface area contributed by atoms with Crippen molar-refractivity contribution in [1.29, 1.82) is 0 Å². The lowest BCUT2D eigenvalue weighted by Gasteiger charge is -2.17. The van der Waals surface area contributed by atoms with Crippen molar-refractivity contribution in [2.24, 2.45) is 0 Å². The third-order valence-corrected chi connectivity index (χ3v) is 2.85. The Bertz CT molecular complexity index is 568. The predicted octanol–water partition coefficient (Wildman–Crippen LogP) is 2.24. The highest BCUT2D eigenvalue weighted by Gasteiger charge is 2.34. The molecule has 1 saturated heterocycles. The van der Waals surface area contributed by atoms with E-state index in [0.717, 1.165) is 12.1 Å². The number of hydrogen-bond donors (Lipinski definition) is 0. The summed E-state index contributed by atoms with van der Waals surface area (Å²) in [5.41, 5.74) is -0.450. The minimum absolute atomic E-state index is 0.0659. The average Bonchev–Trinajstić information content (AvgIpc) is 2.70. The Balaban J connectivity index is 2.02. The van der Waals surface area contributed by atoms with E-state index in [4.69, 9.17) is 0 Å². The van der Waals surface area contributed by atoms with Crippen molar-refractivity contribution in [3.05, 3.63) is 35.4 Å². The van der Waals surface area contributed by atoms with Crippen LogP contribution in [0.15, 0.2) is 18.2 Å². The Morgan fingerprint density at radius 3 is 2.24 bits per heavy atom. The van der Waals surface area contributed by atoms with Gasteiger partial charge >= 0.3 is 6.16 Å². The van der Waals surface area contributed by atoms with Gasteiger partial charge in [0.05, 0.1) is 5.56 Å². The summed E-state index contributed by atoms with van der Waals surface area (Å²) in [7, 11) is 0. The standard InChI is InChI=1S/C13H11F2NO5/c1-7(12-8(14)3-2-4-9(12)15)20-13(19)21-16-10(17)5-6-11(16)18/h2-4,7H,5-6H2,1H3. The summed E-state index contributed by atoms with van der Waals surface area (Å²) in [5, 5.41) is 0.284. The zero-order valence-corrected chi connectivity index (χ0v) is 11.0. The Morgan fingerprint density at radius 2 is 1.71 bits per heavy atom. The van der Waals surface area contributed by atoms with Gasteiger partial charge in [0.1, 0.15) is 17.7 Å². The van der Waals surface area contributed by atoms with Gasteiger partial charge in [-0.3, -0.25) is 14.4 Å². The molecule has 112 valence electrons. The minimum atomic E-state index is -1.39. The van der Waals surface area contributed by atoms with Gasteiger partial charge in [-0.2, -0.15) is 0 Å². The van der Waals surface area contributed by atoms with Crippen LogP contribution in [0.2, 0.25) is 0 Å². The summed E-state index contributed by atoms with van der Waals surface area (Å²) >= 11 is 0. The molecule has 8 heteroatoms. The normalized spacial score (nSPS) is 16.0. The Labute approximate surface area is 118 Å². The second kappa shape index (κ2) is 5.86. The van der Waals surface area contributed by atoms with E-state index in [2.05, 4.69) is 9.57 Å². The first kappa shape index (κ1) is 14.9. The van der Waals surface area contributed by atoms with Gasteiger partial charge in [-0.25, -0.2) is 13.6 Å². The number of amides is 2. The molecule has 1 unspecified atom stereocenters. The first-order valence-corrected chi connectivity index (χ1v) is 6.08. The molecule has 1 aromatic rings. The lowest BCUT2D eigenvalue weighted by atomic mass is 10.1. The Hall–Kier alpha value is -2.51. The molecule has 21 heavy (non-hydrogen) atoms. The van der Waals surface area contributed by atoms with Gasteiger partial charge in [0.15, 0.2) is 0 Å². The van der Waals surface area contributed by atoms with Crippen molar-refractivity contribution >= 4 is 18.0 Å². The second-order valence-electron chi connectivity index (χ2n) is 4.32. The minimum Gasteiger partial charge on any atom is -0.425 e. The summed E-state index contributed by atoms with van der Waals surface area (Å²) in [6.45, 7) is 1.23. The van der Waals surface area contributed by atoms with Gasteiger partial charge < -0.3 is 4.74 Å². The largest absolute Gasteiger partial charge is 0.534 e. The van der Waals surface area contributed by atoms with Gasteiger partial charge in [0.25, 0.3) is 11.8 Å². The van der Waals surface area contributed by atoms with Gasteiger partial charge in [0.2, 0.25) is 0 Å². The van der Waals surface area contributed by atoms with Crippen LogP contribution in [0.5, 0.6) is 0 Å². The van der Waals surface area contributed by atoms with Crippen LogP contribution in [0.3, 0.4) is 0 Å². The maximum absolute atomic E-state index is 13.5. The highest BCUT2D eigenvalue weighted by atomic mass is 19.1. The van der Waals surface area contributed by atoms with Crippen LogP contribution in [-0.2, 0) is 19.2 Å². The molecule has 1 aliphatic heterocycles. The number of imide groups is 1. The van der Waals surface area contributed by atoms with Crippen LogP contribution in [0.4, 0.5) is 13.6 Å². The maximum atomic E-state index is 13.5. The van der Waals surface area contributed by atoms with Crippen LogP contribution in [0.1, 0.15) is 31.4 Å². The van der Waals surface area contributed by atoms with E-state index < -0.39 is 41.3 Å². The number of rotatable bonds is 3. The predicted molar refractivity (Wildman–Crippen MR) is 63.4 cm³/mol. The molecule has 0 aliphatic carbocycles. The van der Waals surface area contributed by atoms with Crippen molar-refractivity contribution in [2.75, 3.05) is 0 Å². The van der Waals surface area contributed by atoms with E-state index in [0.29, 0.717) is 0 Å². The highest BCUT2D eigenvalue weighted by molar-refractivity contribution is 6.01.